The second-order valence-corrected chi connectivity index (χ2v) is 10.9. The fourth-order valence-corrected chi connectivity index (χ4v) is 5.79. The van der Waals surface area contributed by atoms with Crippen LogP contribution >= 0.6 is 11.6 Å². The number of hydrogen-bond acceptors (Lipinski definition) is 6. The number of carboxylic acids is 2. The van der Waals surface area contributed by atoms with Gasteiger partial charge in [0.25, 0.3) is 0 Å². The Morgan fingerprint density at radius 1 is 1.05 bits per heavy atom. The van der Waals surface area contributed by atoms with Crippen LogP contribution in [0, 0.1) is 5.82 Å². The van der Waals surface area contributed by atoms with E-state index in [1.54, 1.807) is 18.2 Å². The number of rotatable bonds is 12. The summed E-state index contributed by atoms with van der Waals surface area (Å²) in [6.45, 7) is -0.525. The van der Waals surface area contributed by atoms with Gasteiger partial charge in [-0.05, 0) is 71.7 Å². The molecule has 0 radical (unpaired) electrons. The smallest absolute Gasteiger partial charge is 0.337 e. The van der Waals surface area contributed by atoms with Gasteiger partial charge in [-0.1, -0.05) is 48.0 Å². The Morgan fingerprint density at radius 3 is 2.58 bits per heavy atom. The number of nitrogens with zero attached hydrogens (tertiary/aromatic N) is 1. The maximum Gasteiger partial charge on any atom is 0.337 e. The molecule has 4 N–H and O–H groups in total. The Kier molecular flexibility index (Phi) is 9.35. The third-order valence-electron chi connectivity index (χ3n) is 7.71. The lowest BCUT2D eigenvalue weighted by Gasteiger charge is -2.19. The third-order valence-corrected chi connectivity index (χ3v) is 8.06. The standard InChI is InChI=1S/C33H30ClFN2O6/c34-28-12-22(16-37-30(17-38)33(41)42)31(43-18-19-10-23(32(39)40)15-36-14-19)13-21(28)11-20-8-9-26-24(20)5-3-6-25(26)27-4-1-2-7-29(27)35/h1-7,10,12-15,20,30,37-38H,8-9,11,16-18H2,(H,39,40)(H,41,42)/t20-,30?/m1/s1. The van der Waals surface area contributed by atoms with Crippen molar-refractivity contribution in [2.75, 3.05) is 6.61 Å². The van der Waals surface area contributed by atoms with Gasteiger partial charge in [0.1, 0.15) is 24.2 Å². The van der Waals surface area contributed by atoms with Crippen molar-refractivity contribution in [2.24, 2.45) is 0 Å². The van der Waals surface area contributed by atoms with Gasteiger partial charge in [-0.3, -0.25) is 15.1 Å². The van der Waals surface area contributed by atoms with E-state index in [4.69, 9.17) is 16.3 Å². The van der Waals surface area contributed by atoms with Crippen molar-refractivity contribution >= 4 is 23.5 Å². The van der Waals surface area contributed by atoms with Gasteiger partial charge in [0, 0.05) is 40.7 Å². The van der Waals surface area contributed by atoms with Gasteiger partial charge in [0.2, 0.25) is 0 Å². The largest absolute Gasteiger partial charge is 0.489 e. The summed E-state index contributed by atoms with van der Waals surface area (Å²) in [7, 11) is 0. The molecule has 0 spiro atoms. The zero-order valence-electron chi connectivity index (χ0n) is 23.1. The van der Waals surface area contributed by atoms with Crippen molar-refractivity contribution in [1.29, 1.82) is 0 Å². The van der Waals surface area contributed by atoms with Gasteiger partial charge in [-0.15, -0.1) is 0 Å². The number of aromatic carboxylic acids is 1. The predicted molar refractivity (Wildman–Crippen MR) is 159 cm³/mol. The summed E-state index contributed by atoms with van der Waals surface area (Å²) in [5.41, 5.74) is 5.71. The summed E-state index contributed by atoms with van der Waals surface area (Å²) in [6, 6.07) is 16.6. The van der Waals surface area contributed by atoms with Crippen LogP contribution < -0.4 is 10.1 Å². The Morgan fingerprint density at radius 2 is 1.84 bits per heavy atom. The lowest BCUT2D eigenvalue weighted by molar-refractivity contribution is -0.140. The van der Waals surface area contributed by atoms with E-state index in [1.165, 1.54) is 24.5 Å². The van der Waals surface area contributed by atoms with Crippen molar-refractivity contribution in [2.45, 2.75) is 44.4 Å². The fourth-order valence-electron chi connectivity index (χ4n) is 5.52. The van der Waals surface area contributed by atoms with E-state index in [9.17, 15) is 29.3 Å². The van der Waals surface area contributed by atoms with E-state index in [0.29, 0.717) is 33.9 Å². The number of ether oxygens (including phenoxy) is 1. The van der Waals surface area contributed by atoms with Crippen LogP contribution in [-0.4, -0.2) is 44.9 Å². The number of nitrogens with one attached hydrogen (secondary N) is 1. The van der Waals surface area contributed by atoms with E-state index >= 15 is 0 Å². The molecule has 0 fully saturated rings. The maximum atomic E-state index is 14.6. The molecular weight excluding hydrogens is 575 g/mol. The first-order valence-corrected chi connectivity index (χ1v) is 14.2. The van der Waals surface area contributed by atoms with Gasteiger partial charge in [0.15, 0.2) is 0 Å². The summed E-state index contributed by atoms with van der Waals surface area (Å²) < 4.78 is 20.8. The molecular formula is C33H30ClFN2O6. The first-order valence-electron chi connectivity index (χ1n) is 13.8. The van der Waals surface area contributed by atoms with Crippen LogP contribution in [0.25, 0.3) is 11.1 Å². The monoisotopic (exact) mass is 604 g/mol. The molecule has 10 heteroatoms. The number of aromatic nitrogens is 1. The highest BCUT2D eigenvalue weighted by Gasteiger charge is 2.27. The second kappa shape index (κ2) is 13.3. The number of benzene rings is 3. The number of hydrogen-bond donors (Lipinski definition) is 4. The predicted octanol–water partition coefficient (Wildman–Crippen LogP) is 5.63. The Balaban J connectivity index is 1.43. The number of fused-ring (bicyclic) bond motifs is 1. The summed E-state index contributed by atoms with van der Waals surface area (Å²) >= 11 is 6.77. The van der Waals surface area contributed by atoms with E-state index < -0.39 is 24.6 Å². The average Bonchev–Trinajstić information content (AvgIpc) is 3.41. The number of halogens is 2. The fraction of sp³-hybridized carbons (Fsp3) is 0.242. The molecule has 4 aromatic rings. The molecule has 0 amide bonds. The molecule has 0 aliphatic heterocycles. The van der Waals surface area contributed by atoms with Crippen LogP contribution in [0.15, 0.2) is 73.1 Å². The summed E-state index contributed by atoms with van der Waals surface area (Å²) in [5, 5.41) is 31.4. The van der Waals surface area contributed by atoms with E-state index in [0.717, 1.165) is 35.1 Å². The molecule has 2 atom stereocenters. The van der Waals surface area contributed by atoms with Crippen LogP contribution in [0.1, 0.15) is 50.5 Å². The summed E-state index contributed by atoms with van der Waals surface area (Å²) in [4.78, 5) is 26.8. The van der Waals surface area contributed by atoms with Gasteiger partial charge < -0.3 is 20.1 Å². The maximum absolute atomic E-state index is 14.6. The highest BCUT2D eigenvalue weighted by molar-refractivity contribution is 6.31. The topological polar surface area (TPSA) is 129 Å². The van der Waals surface area contributed by atoms with Crippen molar-refractivity contribution < 1.29 is 34.0 Å². The SMILES string of the molecule is O=C(O)c1cncc(COc2cc(C[C@H]3CCc4c(-c5ccccc5F)cccc43)c(Cl)cc2CNC(CO)C(=O)O)c1. The molecule has 1 unspecified atom stereocenters. The van der Waals surface area contributed by atoms with Gasteiger partial charge >= 0.3 is 11.9 Å². The average molecular weight is 605 g/mol. The van der Waals surface area contributed by atoms with Gasteiger partial charge in [-0.25, -0.2) is 9.18 Å². The summed E-state index contributed by atoms with van der Waals surface area (Å²) in [5.74, 6) is -1.99. The first kappa shape index (κ1) is 30.2. The van der Waals surface area contributed by atoms with E-state index in [-0.39, 0.29) is 30.5 Å². The van der Waals surface area contributed by atoms with Crippen LogP contribution in [0.4, 0.5) is 4.39 Å². The van der Waals surface area contributed by atoms with Crippen molar-refractivity contribution in [1.82, 2.24) is 10.3 Å². The molecule has 0 bridgehead atoms. The number of pyridine rings is 1. The first-order chi connectivity index (χ1) is 20.7. The minimum atomic E-state index is -1.20. The zero-order chi connectivity index (χ0) is 30.5. The molecule has 1 heterocycles. The van der Waals surface area contributed by atoms with Crippen LogP contribution in [0.2, 0.25) is 5.02 Å². The molecule has 0 saturated heterocycles. The minimum absolute atomic E-state index is 0.0167. The number of carboxylic acid groups (broad SMARTS) is 2. The molecule has 0 saturated carbocycles. The third kappa shape index (κ3) is 6.85. The lowest BCUT2D eigenvalue weighted by atomic mass is 9.90. The minimum Gasteiger partial charge on any atom is -0.489 e. The molecule has 43 heavy (non-hydrogen) atoms. The molecule has 8 nitrogen and oxygen atoms in total. The quantitative estimate of drug-likeness (QED) is 0.164. The Bertz CT molecular complexity index is 1660. The molecule has 3 aromatic carbocycles. The van der Waals surface area contributed by atoms with Gasteiger partial charge in [0.05, 0.1) is 12.2 Å². The number of aliphatic carboxylic acids is 1. The Hall–Kier alpha value is -4.31. The normalized spacial score (nSPS) is 14.7. The van der Waals surface area contributed by atoms with Crippen LogP contribution in [0.5, 0.6) is 5.75 Å². The lowest BCUT2D eigenvalue weighted by Crippen LogP contribution is -2.39. The molecule has 1 aromatic heterocycles. The Labute approximate surface area is 252 Å². The molecule has 222 valence electrons. The van der Waals surface area contributed by atoms with Crippen LogP contribution in [0.3, 0.4) is 0 Å². The molecule has 1 aliphatic carbocycles. The highest BCUT2D eigenvalue weighted by Crippen LogP contribution is 2.42. The zero-order valence-corrected chi connectivity index (χ0v) is 23.9. The highest BCUT2D eigenvalue weighted by atomic mass is 35.5. The summed E-state index contributed by atoms with van der Waals surface area (Å²) in [6.07, 6.45) is 5.02. The van der Waals surface area contributed by atoms with Crippen molar-refractivity contribution in [3.8, 4) is 16.9 Å². The van der Waals surface area contributed by atoms with Crippen molar-refractivity contribution in [3.05, 3.63) is 117 Å². The number of aliphatic hydroxyl groups excluding tert-OH is 1. The van der Waals surface area contributed by atoms with E-state index in [1.807, 2.05) is 24.3 Å². The molecule has 1 aliphatic rings. The second-order valence-electron chi connectivity index (χ2n) is 10.5. The van der Waals surface area contributed by atoms with Crippen molar-refractivity contribution in [3.63, 3.8) is 0 Å². The molecule has 5 rings (SSSR count). The van der Waals surface area contributed by atoms with E-state index in [2.05, 4.69) is 16.4 Å². The van der Waals surface area contributed by atoms with Gasteiger partial charge in [-0.2, -0.15) is 0 Å². The number of carbonyl (C=O) groups is 2. The van der Waals surface area contributed by atoms with Crippen LogP contribution in [-0.2, 0) is 30.8 Å². The number of aliphatic hydroxyl groups is 1.